The Balaban J connectivity index is 0.00000288. The molecule has 2 rings (SSSR count). The zero-order chi connectivity index (χ0) is 16.5. The second-order valence-electron chi connectivity index (χ2n) is 4.73. The number of hydrogen-bond donors (Lipinski definition) is 2. The summed E-state index contributed by atoms with van der Waals surface area (Å²) in [5, 5.41) is 5.28. The molecule has 2 aromatic rings. The number of aromatic nitrogens is 1. The molecule has 0 atom stereocenters. The van der Waals surface area contributed by atoms with Crippen LogP contribution < -0.4 is 11.1 Å². The Morgan fingerprint density at radius 1 is 1.33 bits per heavy atom. The van der Waals surface area contributed by atoms with E-state index in [9.17, 15) is 4.79 Å². The fourth-order valence-electron chi connectivity index (χ4n) is 1.90. The maximum atomic E-state index is 12.1. The summed E-state index contributed by atoms with van der Waals surface area (Å²) < 4.78 is 10.7. The summed E-state index contributed by atoms with van der Waals surface area (Å²) in [6.07, 6.45) is 0. The number of nitrogens with one attached hydrogen (secondary N) is 1. The van der Waals surface area contributed by atoms with Crippen molar-refractivity contribution in [1.29, 1.82) is 0 Å². The van der Waals surface area contributed by atoms with E-state index in [2.05, 4.69) is 10.3 Å². The number of rotatable bonds is 9. The van der Waals surface area contributed by atoms with Crippen molar-refractivity contribution in [2.45, 2.75) is 20.1 Å². The third kappa shape index (κ3) is 6.54. The van der Waals surface area contributed by atoms with Crippen LogP contribution in [0.2, 0.25) is 0 Å². The molecule has 132 valence electrons. The minimum Gasteiger partial charge on any atom is -0.379 e. The number of nitrogens with two attached hydrogens (primary N) is 1. The van der Waals surface area contributed by atoms with E-state index >= 15 is 0 Å². The standard InChI is InChI=1S/C16H21N3O3S.ClH/c1-2-21-6-7-22-10-12-4-3-5-13(8-12)18-16(20)14-11-23-15(9-17)19-14;/h3-5,8,11H,2,6-7,9-10,17H2,1H3,(H,18,20);1H. The Morgan fingerprint density at radius 2 is 2.12 bits per heavy atom. The third-order valence-electron chi connectivity index (χ3n) is 2.99. The fourth-order valence-corrected chi connectivity index (χ4v) is 2.55. The first-order valence-electron chi connectivity index (χ1n) is 7.43. The molecule has 0 spiro atoms. The number of carbonyl (C=O) groups is 1. The van der Waals surface area contributed by atoms with Crippen LogP contribution in [-0.4, -0.2) is 30.7 Å². The Bertz CT molecular complexity index is 637. The van der Waals surface area contributed by atoms with Crippen molar-refractivity contribution in [3.63, 3.8) is 0 Å². The van der Waals surface area contributed by atoms with Gasteiger partial charge in [-0.2, -0.15) is 0 Å². The van der Waals surface area contributed by atoms with Crippen LogP contribution in [0.25, 0.3) is 0 Å². The summed E-state index contributed by atoms with van der Waals surface area (Å²) >= 11 is 1.38. The van der Waals surface area contributed by atoms with Gasteiger partial charge >= 0.3 is 0 Å². The van der Waals surface area contributed by atoms with E-state index in [1.54, 1.807) is 5.38 Å². The number of anilines is 1. The van der Waals surface area contributed by atoms with E-state index in [4.69, 9.17) is 15.2 Å². The van der Waals surface area contributed by atoms with Crippen LogP contribution in [0.1, 0.15) is 28.0 Å². The number of benzene rings is 1. The lowest BCUT2D eigenvalue weighted by Gasteiger charge is -2.07. The van der Waals surface area contributed by atoms with E-state index in [1.807, 2.05) is 31.2 Å². The molecule has 0 radical (unpaired) electrons. The predicted molar refractivity (Wildman–Crippen MR) is 97.8 cm³/mol. The van der Waals surface area contributed by atoms with Gasteiger partial charge < -0.3 is 20.5 Å². The normalized spacial score (nSPS) is 10.2. The zero-order valence-corrected chi connectivity index (χ0v) is 15.1. The average molecular weight is 372 g/mol. The second kappa shape index (κ2) is 11.1. The Kier molecular flexibility index (Phi) is 9.51. The van der Waals surface area contributed by atoms with Crippen LogP contribution in [0.15, 0.2) is 29.6 Å². The highest BCUT2D eigenvalue weighted by molar-refractivity contribution is 7.09. The van der Waals surface area contributed by atoms with Crippen LogP contribution in [0, 0.1) is 0 Å². The van der Waals surface area contributed by atoms with Gasteiger partial charge in [0.2, 0.25) is 0 Å². The molecule has 8 heteroatoms. The highest BCUT2D eigenvalue weighted by Crippen LogP contribution is 2.14. The third-order valence-corrected chi connectivity index (χ3v) is 3.86. The van der Waals surface area contributed by atoms with Crippen molar-refractivity contribution in [3.05, 3.63) is 45.9 Å². The van der Waals surface area contributed by atoms with E-state index in [1.165, 1.54) is 11.3 Å². The van der Waals surface area contributed by atoms with Crippen molar-refractivity contribution in [2.75, 3.05) is 25.1 Å². The van der Waals surface area contributed by atoms with Gasteiger partial charge in [-0.25, -0.2) is 4.98 Å². The SMILES string of the molecule is CCOCCOCc1cccc(NC(=O)c2csc(CN)n2)c1.Cl. The summed E-state index contributed by atoms with van der Waals surface area (Å²) in [7, 11) is 0. The maximum absolute atomic E-state index is 12.1. The molecule has 1 amide bonds. The van der Waals surface area contributed by atoms with E-state index in [-0.39, 0.29) is 18.3 Å². The van der Waals surface area contributed by atoms with E-state index < -0.39 is 0 Å². The number of hydrogen-bond acceptors (Lipinski definition) is 6. The van der Waals surface area contributed by atoms with Crippen LogP contribution in [0.4, 0.5) is 5.69 Å². The first kappa shape index (κ1) is 20.5. The summed E-state index contributed by atoms with van der Waals surface area (Å²) in [6.45, 7) is 4.58. The number of halogens is 1. The number of thiazole rings is 1. The van der Waals surface area contributed by atoms with Crippen LogP contribution in [-0.2, 0) is 22.6 Å². The number of amides is 1. The summed E-state index contributed by atoms with van der Waals surface area (Å²) in [4.78, 5) is 16.3. The minimum atomic E-state index is -0.240. The van der Waals surface area contributed by atoms with Crippen LogP contribution in [0.5, 0.6) is 0 Å². The maximum Gasteiger partial charge on any atom is 0.275 e. The quantitative estimate of drug-likeness (QED) is 0.662. The molecular weight excluding hydrogens is 350 g/mol. The van der Waals surface area contributed by atoms with E-state index in [0.29, 0.717) is 44.4 Å². The molecule has 1 aromatic heterocycles. The molecule has 0 saturated carbocycles. The number of nitrogens with zero attached hydrogens (tertiary/aromatic N) is 1. The summed E-state index contributed by atoms with van der Waals surface area (Å²) in [6, 6.07) is 7.54. The molecule has 24 heavy (non-hydrogen) atoms. The van der Waals surface area contributed by atoms with Crippen molar-refractivity contribution >= 4 is 35.3 Å². The Labute approximate surface area is 151 Å². The minimum absolute atomic E-state index is 0. The molecular formula is C16H22ClN3O3S. The molecule has 0 fully saturated rings. The first-order valence-corrected chi connectivity index (χ1v) is 8.31. The van der Waals surface area contributed by atoms with Crippen LogP contribution >= 0.6 is 23.7 Å². The topological polar surface area (TPSA) is 86.5 Å². The molecule has 6 nitrogen and oxygen atoms in total. The van der Waals surface area contributed by atoms with E-state index in [0.717, 1.165) is 10.6 Å². The Morgan fingerprint density at radius 3 is 2.83 bits per heavy atom. The highest BCUT2D eigenvalue weighted by Gasteiger charge is 2.10. The van der Waals surface area contributed by atoms with Crippen molar-refractivity contribution in [1.82, 2.24) is 4.98 Å². The molecule has 0 unspecified atom stereocenters. The van der Waals surface area contributed by atoms with Crippen LogP contribution in [0.3, 0.4) is 0 Å². The smallest absolute Gasteiger partial charge is 0.275 e. The van der Waals surface area contributed by atoms with Gasteiger partial charge in [0.05, 0.1) is 19.8 Å². The molecule has 0 aliphatic carbocycles. The average Bonchev–Trinajstić information content (AvgIpc) is 3.04. The monoisotopic (exact) mass is 371 g/mol. The fraction of sp³-hybridized carbons (Fsp3) is 0.375. The molecule has 0 aliphatic heterocycles. The predicted octanol–water partition coefficient (Wildman–Crippen LogP) is 2.83. The molecule has 3 N–H and O–H groups in total. The first-order chi connectivity index (χ1) is 11.2. The largest absolute Gasteiger partial charge is 0.379 e. The number of carbonyl (C=O) groups excluding carboxylic acids is 1. The van der Waals surface area contributed by atoms with Crippen molar-refractivity contribution < 1.29 is 14.3 Å². The van der Waals surface area contributed by atoms with Gasteiger partial charge in [0, 0.05) is 24.2 Å². The molecule has 1 heterocycles. The lowest BCUT2D eigenvalue weighted by Crippen LogP contribution is -2.13. The van der Waals surface area contributed by atoms with Crippen molar-refractivity contribution in [2.24, 2.45) is 5.73 Å². The van der Waals surface area contributed by atoms with Gasteiger partial charge in [0.1, 0.15) is 10.7 Å². The molecule has 1 aromatic carbocycles. The molecule has 0 saturated heterocycles. The second-order valence-corrected chi connectivity index (χ2v) is 5.68. The summed E-state index contributed by atoms with van der Waals surface area (Å²) in [5.41, 5.74) is 7.59. The number of ether oxygens (including phenoxy) is 2. The Hall–Kier alpha value is -1.51. The lowest BCUT2D eigenvalue weighted by molar-refractivity contribution is 0.0453. The zero-order valence-electron chi connectivity index (χ0n) is 13.5. The van der Waals surface area contributed by atoms with Gasteiger partial charge in [0.25, 0.3) is 5.91 Å². The molecule has 0 bridgehead atoms. The van der Waals surface area contributed by atoms with Gasteiger partial charge in [-0.15, -0.1) is 23.7 Å². The summed E-state index contributed by atoms with van der Waals surface area (Å²) in [5.74, 6) is -0.240. The van der Waals surface area contributed by atoms with Gasteiger partial charge in [-0.3, -0.25) is 4.79 Å². The molecule has 0 aliphatic rings. The van der Waals surface area contributed by atoms with Gasteiger partial charge in [0.15, 0.2) is 0 Å². The van der Waals surface area contributed by atoms with Gasteiger partial charge in [-0.05, 0) is 24.6 Å². The lowest BCUT2D eigenvalue weighted by atomic mass is 10.2. The van der Waals surface area contributed by atoms with Crippen molar-refractivity contribution in [3.8, 4) is 0 Å². The van der Waals surface area contributed by atoms with Gasteiger partial charge in [-0.1, -0.05) is 12.1 Å². The highest BCUT2D eigenvalue weighted by atomic mass is 35.5.